The first kappa shape index (κ1) is 16.2. The summed E-state index contributed by atoms with van der Waals surface area (Å²) < 4.78 is 0. The molecule has 0 bridgehead atoms. The van der Waals surface area contributed by atoms with Gasteiger partial charge in [0, 0.05) is 25.7 Å². The van der Waals surface area contributed by atoms with Crippen molar-refractivity contribution in [2.45, 2.75) is 44.8 Å². The minimum Gasteiger partial charge on any atom is -0.396 e. The summed E-state index contributed by atoms with van der Waals surface area (Å²) in [6, 6.07) is 22.0. The Morgan fingerprint density at radius 3 is 1.91 bits per heavy atom. The highest BCUT2D eigenvalue weighted by atomic mass is 16.3. The van der Waals surface area contributed by atoms with Crippen LogP contribution in [0.1, 0.15) is 36.8 Å². The Labute approximate surface area is 139 Å². The molecular formula is C21H27NO. The Morgan fingerprint density at radius 1 is 0.826 bits per heavy atom. The van der Waals surface area contributed by atoms with Crippen LogP contribution in [0.3, 0.4) is 0 Å². The molecule has 1 aliphatic rings. The van der Waals surface area contributed by atoms with Crippen LogP contribution >= 0.6 is 0 Å². The number of aliphatic hydroxyl groups excluding tert-OH is 1. The van der Waals surface area contributed by atoms with E-state index in [9.17, 15) is 5.11 Å². The molecule has 0 heterocycles. The van der Waals surface area contributed by atoms with Gasteiger partial charge in [0.15, 0.2) is 0 Å². The van der Waals surface area contributed by atoms with Gasteiger partial charge in [-0.25, -0.2) is 0 Å². The Morgan fingerprint density at radius 2 is 1.39 bits per heavy atom. The molecule has 1 N–H and O–H groups in total. The summed E-state index contributed by atoms with van der Waals surface area (Å²) in [4.78, 5) is 2.60. The molecule has 2 atom stereocenters. The Kier molecular flexibility index (Phi) is 5.84. The predicted molar refractivity (Wildman–Crippen MR) is 95.0 cm³/mol. The van der Waals surface area contributed by atoms with E-state index in [2.05, 4.69) is 65.6 Å². The molecule has 1 saturated carbocycles. The standard InChI is InChI=1S/C21H27NO/c23-17-20-12-7-13-21(14-20)22(15-18-8-3-1-4-9-18)16-19-10-5-2-6-11-19/h1-6,8-11,20-21,23H,7,12-17H2. The van der Waals surface area contributed by atoms with Crippen LogP contribution in [0.5, 0.6) is 0 Å². The Hall–Kier alpha value is -1.64. The summed E-state index contributed by atoms with van der Waals surface area (Å²) in [5.41, 5.74) is 2.74. The van der Waals surface area contributed by atoms with E-state index in [4.69, 9.17) is 0 Å². The van der Waals surface area contributed by atoms with Gasteiger partial charge in [-0.3, -0.25) is 4.90 Å². The van der Waals surface area contributed by atoms with Gasteiger partial charge in [-0.1, -0.05) is 67.1 Å². The van der Waals surface area contributed by atoms with Gasteiger partial charge in [-0.2, -0.15) is 0 Å². The molecule has 2 unspecified atom stereocenters. The maximum atomic E-state index is 9.55. The lowest BCUT2D eigenvalue weighted by Crippen LogP contribution is -2.38. The molecule has 3 rings (SSSR count). The molecule has 2 nitrogen and oxygen atoms in total. The normalized spacial score (nSPS) is 21.5. The lowest BCUT2D eigenvalue weighted by Gasteiger charge is -2.37. The van der Waals surface area contributed by atoms with Crippen molar-refractivity contribution in [2.24, 2.45) is 5.92 Å². The van der Waals surface area contributed by atoms with Crippen molar-refractivity contribution in [1.82, 2.24) is 4.90 Å². The van der Waals surface area contributed by atoms with Crippen molar-refractivity contribution in [3.8, 4) is 0 Å². The number of hydrogen-bond donors (Lipinski definition) is 1. The van der Waals surface area contributed by atoms with Crippen molar-refractivity contribution in [3.63, 3.8) is 0 Å². The van der Waals surface area contributed by atoms with Crippen molar-refractivity contribution in [1.29, 1.82) is 0 Å². The lowest BCUT2D eigenvalue weighted by molar-refractivity contribution is 0.0898. The molecule has 1 aliphatic carbocycles. The van der Waals surface area contributed by atoms with E-state index in [-0.39, 0.29) is 0 Å². The van der Waals surface area contributed by atoms with Crippen LogP contribution in [-0.4, -0.2) is 22.7 Å². The van der Waals surface area contributed by atoms with E-state index in [0.717, 1.165) is 19.5 Å². The number of hydrogen-bond acceptors (Lipinski definition) is 2. The third kappa shape index (κ3) is 4.66. The van der Waals surface area contributed by atoms with E-state index in [1.807, 2.05) is 0 Å². The zero-order chi connectivity index (χ0) is 15.9. The highest BCUT2D eigenvalue weighted by molar-refractivity contribution is 5.17. The monoisotopic (exact) mass is 309 g/mol. The molecule has 0 amide bonds. The first-order chi connectivity index (χ1) is 11.3. The Bertz CT molecular complexity index is 527. The van der Waals surface area contributed by atoms with E-state index in [0.29, 0.717) is 18.6 Å². The van der Waals surface area contributed by atoms with Crippen LogP contribution in [0.15, 0.2) is 60.7 Å². The number of nitrogens with zero attached hydrogens (tertiary/aromatic N) is 1. The van der Waals surface area contributed by atoms with Crippen LogP contribution in [0, 0.1) is 5.92 Å². The average Bonchev–Trinajstić information content (AvgIpc) is 2.63. The van der Waals surface area contributed by atoms with E-state index >= 15 is 0 Å². The fraction of sp³-hybridized carbons (Fsp3) is 0.429. The molecule has 0 aliphatic heterocycles. The second kappa shape index (κ2) is 8.28. The third-order valence-electron chi connectivity index (χ3n) is 4.99. The summed E-state index contributed by atoms with van der Waals surface area (Å²) in [5.74, 6) is 0.475. The van der Waals surface area contributed by atoms with Gasteiger partial charge < -0.3 is 5.11 Å². The maximum absolute atomic E-state index is 9.55. The number of benzene rings is 2. The molecule has 2 aromatic rings. The molecule has 0 spiro atoms. The molecule has 0 aromatic heterocycles. The summed E-state index contributed by atoms with van der Waals surface area (Å²) in [6.07, 6.45) is 4.78. The second-order valence-corrected chi connectivity index (χ2v) is 6.75. The molecule has 2 aromatic carbocycles. The fourth-order valence-corrected chi connectivity index (χ4v) is 3.71. The van der Waals surface area contributed by atoms with Crippen LogP contribution in [0.2, 0.25) is 0 Å². The van der Waals surface area contributed by atoms with E-state index in [1.165, 1.54) is 30.4 Å². The summed E-state index contributed by atoms with van der Waals surface area (Å²) in [7, 11) is 0. The van der Waals surface area contributed by atoms with Gasteiger partial charge in [0.05, 0.1) is 0 Å². The highest BCUT2D eigenvalue weighted by Gasteiger charge is 2.26. The van der Waals surface area contributed by atoms with Gasteiger partial charge >= 0.3 is 0 Å². The zero-order valence-corrected chi connectivity index (χ0v) is 13.8. The molecule has 1 fully saturated rings. The fourth-order valence-electron chi connectivity index (χ4n) is 3.71. The molecular weight excluding hydrogens is 282 g/mol. The van der Waals surface area contributed by atoms with Gasteiger partial charge in [0.25, 0.3) is 0 Å². The van der Waals surface area contributed by atoms with Gasteiger partial charge in [0.2, 0.25) is 0 Å². The minimum atomic E-state index is 0.334. The summed E-state index contributed by atoms with van der Waals surface area (Å²) in [5, 5.41) is 9.55. The second-order valence-electron chi connectivity index (χ2n) is 6.75. The van der Waals surface area contributed by atoms with Gasteiger partial charge in [-0.15, -0.1) is 0 Å². The summed E-state index contributed by atoms with van der Waals surface area (Å²) in [6.45, 7) is 2.30. The quantitative estimate of drug-likeness (QED) is 0.862. The van der Waals surface area contributed by atoms with Crippen molar-refractivity contribution in [2.75, 3.05) is 6.61 Å². The van der Waals surface area contributed by atoms with Crippen molar-refractivity contribution >= 4 is 0 Å². The molecule has 0 saturated heterocycles. The average molecular weight is 309 g/mol. The highest BCUT2D eigenvalue weighted by Crippen LogP contribution is 2.29. The molecule has 122 valence electrons. The zero-order valence-electron chi connectivity index (χ0n) is 13.8. The van der Waals surface area contributed by atoms with Crippen LogP contribution in [0.4, 0.5) is 0 Å². The maximum Gasteiger partial charge on any atom is 0.0459 e. The molecule has 0 radical (unpaired) electrons. The smallest absolute Gasteiger partial charge is 0.0459 e. The third-order valence-corrected chi connectivity index (χ3v) is 4.99. The molecule has 23 heavy (non-hydrogen) atoms. The van der Waals surface area contributed by atoms with E-state index in [1.54, 1.807) is 0 Å². The topological polar surface area (TPSA) is 23.5 Å². The van der Waals surface area contributed by atoms with Gasteiger partial charge in [-0.05, 0) is 36.3 Å². The lowest BCUT2D eigenvalue weighted by atomic mass is 9.85. The minimum absolute atomic E-state index is 0.334. The molecule has 2 heteroatoms. The summed E-state index contributed by atoms with van der Waals surface area (Å²) >= 11 is 0. The van der Waals surface area contributed by atoms with Crippen LogP contribution in [0.25, 0.3) is 0 Å². The Balaban J connectivity index is 1.75. The van der Waals surface area contributed by atoms with Crippen LogP contribution < -0.4 is 0 Å². The first-order valence-electron chi connectivity index (χ1n) is 8.78. The first-order valence-corrected chi connectivity index (χ1v) is 8.78. The largest absolute Gasteiger partial charge is 0.396 e. The number of aliphatic hydroxyl groups is 1. The number of rotatable bonds is 6. The van der Waals surface area contributed by atoms with Crippen LogP contribution in [-0.2, 0) is 13.1 Å². The van der Waals surface area contributed by atoms with Gasteiger partial charge in [0.1, 0.15) is 0 Å². The van der Waals surface area contributed by atoms with Crippen molar-refractivity contribution in [3.05, 3.63) is 71.8 Å². The predicted octanol–water partition coefficient (Wildman–Crippen LogP) is 4.24. The SMILES string of the molecule is OCC1CCCC(N(Cc2ccccc2)Cc2ccccc2)C1. The van der Waals surface area contributed by atoms with E-state index < -0.39 is 0 Å². The van der Waals surface area contributed by atoms with Crippen molar-refractivity contribution < 1.29 is 5.11 Å².